The van der Waals surface area contributed by atoms with E-state index in [0.717, 1.165) is 12.2 Å². The van der Waals surface area contributed by atoms with Crippen LogP contribution in [-0.2, 0) is 0 Å². The van der Waals surface area contributed by atoms with E-state index >= 15 is 0 Å². The maximum atomic E-state index is 11.6. The summed E-state index contributed by atoms with van der Waals surface area (Å²) in [5.41, 5.74) is 1.52. The lowest BCUT2D eigenvalue weighted by Gasteiger charge is -2.10. The van der Waals surface area contributed by atoms with Crippen LogP contribution < -0.4 is 5.32 Å². The van der Waals surface area contributed by atoms with Crippen LogP contribution in [0.4, 0.5) is 0 Å². The molecular weight excluding hydrogens is 190 g/mol. The van der Waals surface area contributed by atoms with E-state index in [1.54, 1.807) is 18.3 Å². The maximum Gasteiger partial charge on any atom is 0.251 e. The highest BCUT2D eigenvalue weighted by atomic mass is 16.1. The van der Waals surface area contributed by atoms with Crippen molar-refractivity contribution in [2.45, 2.75) is 6.92 Å². The molecule has 1 heterocycles. The lowest BCUT2D eigenvalue weighted by Crippen LogP contribution is -2.31. The van der Waals surface area contributed by atoms with E-state index in [1.807, 2.05) is 25.9 Å². The number of amides is 1. The summed E-state index contributed by atoms with van der Waals surface area (Å²) in [4.78, 5) is 17.7. The highest BCUT2D eigenvalue weighted by Gasteiger charge is 2.04. The van der Waals surface area contributed by atoms with Crippen LogP contribution in [0.3, 0.4) is 0 Å². The molecule has 1 N–H and O–H groups in total. The van der Waals surface area contributed by atoms with Crippen molar-refractivity contribution < 1.29 is 4.79 Å². The van der Waals surface area contributed by atoms with Gasteiger partial charge in [0.2, 0.25) is 0 Å². The summed E-state index contributed by atoms with van der Waals surface area (Å²) < 4.78 is 0. The minimum atomic E-state index is -0.0395. The average Bonchev–Trinajstić information content (AvgIpc) is 2.17. The Balaban J connectivity index is 2.47. The summed E-state index contributed by atoms with van der Waals surface area (Å²) in [6.07, 6.45) is 1.65. The second kappa shape index (κ2) is 5.46. The SMILES string of the molecule is Cc1cc(C(=O)NCCN(C)C)ccn1. The zero-order valence-electron chi connectivity index (χ0n) is 9.45. The molecule has 1 aromatic rings. The van der Waals surface area contributed by atoms with Gasteiger partial charge in [-0.05, 0) is 33.2 Å². The van der Waals surface area contributed by atoms with Crippen LogP contribution in [0.2, 0.25) is 0 Å². The number of likely N-dealkylation sites (N-methyl/N-ethyl adjacent to an activating group) is 1. The molecule has 0 atom stereocenters. The molecule has 4 heteroatoms. The van der Waals surface area contributed by atoms with Gasteiger partial charge in [-0.25, -0.2) is 0 Å². The fraction of sp³-hybridized carbons (Fsp3) is 0.455. The van der Waals surface area contributed by atoms with Gasteiger partial charge in [-0.1, -0.05) is 0 Å². The molecule has 1 amide bonds. The molecular formula is C11H17N3O. The van der Waals surface area contributed by atoms with E-state index in [1.165, 1.54) is 0 Å². The summed E-state index contributed by atoms with van der Waals surface area (Å²) in [7, 11) is 3.95. The number of hydrogen-bond donors (Lipinski definition) is 1. The van der Waals surface area contributed by atoms with Crippen LogP contribution in [0.1, 0.15) is 16.1 Å². The monoisotopic (exact) mass is 207 g/mol. The second-order valence-electron chi connectivity index (χ2n) is 3.75. The van der Waals surface area contributed by atoms with Gasteiger partial charge in [0.15, 0.2) is 0 Å². The van der Waals surface area contributed by atoms with E-state index in [9.17, 15) is 4.79 Å². The Kier molecular flexibility index (Phi) is 4.24. The van der Waals surface area contributed by atoms with Crippen molar-refractivity contribution in [3.8, 4) is 0 Å². The van der Waals surface area contributed by atoms with Crippen LogP contribution in [0.25, 0.3) is 0 Å². The zero-order chi connectivity index (χ0) is 11.3. The number of carbonyl (C=O) groups excluding carboxylic acids is 1. The molecule has 82 valence electrons. The van der Waals surface area contributed by atoms with Gasteiger partial charge in [-0.2, -0.15) is 0 Å². The summed E-state index contributed by atoms with van der Waals surface area (Å²) in [5.74, 6) is -0.0395. The summed E-state index contributed by atoms with van der Waals surface area (Å²) in [5, 5.41) is 2.85. The first-order valence-corrected chi connectivity index (χ1v) is 4.95. The average molecular weight is 207 g/mol. The molecule has 15 heavy (non-hydrogen) atoms. The van der Waals surface area contributed by atoms with Gasteiger partial charge in [0.1, 0.15) is 0 Å². The van der Waals surface area contributed by atoms with E-state index in [-0.39, 0.29) is 5.91 Å². The molecule has 0 aliphatic rings. The summed E-state index contributed by atoms with van der Waals surface area (Å²) in [6, 6.07) is 3.50. The standard InChI is InChI=1S/C11H17N3O/c1-9-8-10(4-5-12-9)11(15)13-6-7-14(2)3/h4-5,8H,6-7H2,1-3H3,(H,13,15). The van der Waals surface area contributed by atoms with Gasteiger partial charge >= 0.3 is 0 Å². The van der Waals surface area contributed by atoms with Crippen molar-refractivity contribution in [1.82, 2.24) is 15.2 Å². The molecule has 1 aromatic heterocycles. The Morgan fingerprint density at radius 2 is 2.27 bits per heavy atom. The van der Waals surface area contributed by atoms with Gasteiger partial charge < -0.3 is 10.2 Å². The number of rotatable bonds is 4. The third-order valence-electron chi connectivity index (χ3n) is 2.00. The highest BCUT2D eigenvalue weighted by Crippen LogP contribution is 1.99. The predicted octanol–water partition coefficient (Wildman–Crippen LogP) is 0.681. The van der Waals surface area contributed by atoms with Gasteiger partial charge in [-0.15, -0.1) is 0 Å². The summed E-state index contributed by atoms with van der Waals surface area (Å²) >= 11 is 0. The van der Waals surface area contributed by atoms with Crippen LogP contribution in [0.15, 0.2) is 18.3 Å². The number of nitrogens with zero attached hydrogens (tertiary/aromatic N) is 2. The van der Waals surface area contributed by atoms with Crippen molar-refractivity contribution in [3.63, 3.8) is 0 Å². The van der Waals surface area contributed by atoms with Crippen LogP contribution in [0, 0.1) is 6.92 Å². The molecule has 0 bridgehead atoms. The van der Waals surface area contributed by atoms with Crippen molar-refractivity contribution in [2.75, 3.05) is 27.2 Å². The molecule has 0 spiro atoms. The third kappa shape index (κ3) is 4.08. The summed E-state index contributed by atoms with van der Waals surface area (Å²) in [6.45, 7) is 3.37. The van der Waals surface area contributed by atoms with Gasteiger partial charge in [0, 0.05) is 30.5 Å². The number of carbonyl (C=O) groups is 1. The van der Waals surface area contributed by atoms with E-state index in [4.69, 9.17) is 0 Å². The maximum absolute atomic E-state index is 11.6. The second-order valence-corrected chi connectivity index (χ2v) is 3.75. The minimum Gasteiger partial charge on any atom is -0.351 e. The van der Waals surface area contributed by atoms with E-state index < -0.39 is 0 Å². The first-order valence-electron chi connectivity index (χ1n) is 4.95. The third-order valence-corrected chi connectivity index (χ3v) is 2.00. The fourth-order valence-corrected chi connectivity index (χ4v) is 1.18. The van der Waals surface area contributed by atoms with Crippen molar-refractivity contribution >= 4 is 5.91 Å². The Labute approximate surface area is 90.3 Å². The first kappa shape index (κ1) is 11.7. The van der Waals surface area contributed by atoms with Crippen molar-refractivity contribution in [1.29, 1.82) is 0 Å². The van der Waals surface area contributed by atoms with Gasteiger partial charge in [0.05, 0.1) is 0 Å². The Morgan fingerprint density at radius 3 is 2.87 bits per heavy atom. The van der Waals surface area contributed by atoms with E-state index in [2.05, 4.69) is 10.3 Å². The Morgan fingerprint density at radius 1 is 1.53 bits per heavy atom. The van der Waals surface area contributed by atoms with Crippen LogP contribution in [0.5, 0.6) is 0 Å². The molecule has 0 saturated carbocycles. The molecule has 0 fully saturated rings. The fourth-order valence-electron chi connectivity index (χ4n) is 1.18. The molecule has 0 aliphatic carbocycles. The Bertz CT molecular complexity index is 336. The smallest absolute Gasteiger partial charge is 0.251 e. The molecule has 4 nitrogen and oxygen atoms in total. The first-order chi connectivity index (χ1) is 7.09. The lowest BCUT2D eigenvalue weighted by molar-refractivity contribution is 0.0951. The number of hydrogen-bond acceptors (Lipinski definition) is 3. The molecule has 0 unspecified atom stereocenters. The molecule has 0 aliphatic heterocycles. The number of aryl methyl sites for hydroxylation is 1. The number of pyridine rings is 1. The van der Waals surface area contributed by atoms with Crippen molar-refractivity contribution in [2.24, 2.45) is 0 Å². The van der Waals surface area contributed by atoms with Crippen LogP contribution >= 0.6 is 0 Å². The zero-order valence-corrected chi connectivity index (χ0v) is 9.45. The predicted molar refractivity (Wildman–Crippen MR) is 59.9 cm³/mol. The lowest BCUT2D eigenvalue weighted by atomic mass is 10.2. The number of nitrogens with one attached hydrogen (secondary N) is 1. The van der Waals surface area contributed by atoms with Crippen molar-refractivity contribution in [3.05, 3.63) is 29.6 Å². The number of aromatic nitrogens is 1. The quantitative estimate of drug-likeness (QED) is 0.789. The van der Waals surface area contributed by atoms with Gasteiger partial charge in [-0.3, -0.25) is 9.78 Å². The topological polar surface area (TPSA) is 45.2 Å². The van der Waals surface area contributed by atoms with E-state index in [0.29, 0.717) is 12.1 Å². The normalized spacial score (nSPS) is 10.4. The molecule has 0 radical (unpaired) electrons. The largest absolute Gasteiger partial charge is 0.351 e. The molecule has 0 aromatic carbocycles. The minimum absolute atomic E-state index is 0.0395. The molecule has 0 saturated heterocycles. The van der Waals surface area contributed by atoms with Crippen LogP contribution in [-0.4, -0.2) is 43.0 Å². The Hall–Kier alpha value is -1.42. The molecule has 1 rings (SSSR count). The van der Waals surface area contributed by atoms with Gasteiger partial charge in [0.25, 0.3) is 5.91 Å². The highest BCUT2D eigenvalue weighted by molar-refractivity contribution is 5.94.